The van der Waals surface area contributed by atoms with Crippen molar-refractivity contribution in [3.63, 3.8) is 0 Å². The number of ether oxygens (including phenoxy) is 3. The maximum atomic E-state index is 12.8. The number of esters is 2. The first-order chi connectivity index (χ1) is 32.6. The number of carbonyl (C=O) groups is 2. The molecule has 0 aliphatic rings. The largest absolute Gasteiger partial charge is 0.462 e. The summed E-state index contributed by atoms with van der Waals surface area (Å²) in [6.45, 7) is 7.44. The van der Waals surface area contributed by atoms with E-state index in [0.29, 0.717) is 19.4 Å². The summed E-state index contributed by atoms with van der Waals surface area (Å²) < 4.78 is 17.4. The molecule has 0 rings (SSSR count). The predicted octanol–water partition coefficient (Wildman–Crippen LogP) is 18.6. The molecule has 0 saturated carbocycles. The van der Waals surface area contributed by atoms with Gasteiger partial charge in [0.05, 0.1) is 6.61 Å². The number of allylic oxidation sites excluding steroid dienone is 20. The third kappa shape index (κ3) is 52.9. The van der Waals surface area contributed by atoms with Crippen LogP contribution in [0.5, 0.6) is 0 Å². The van der Waals surface area contributed by atoms with E-state index in [9.17, 15) is 9.59 Å². The Morgan fingerprint density at radius 2 is 0.682 bits per heavy atom. The maximum Gasteiger partial charge on any atom is 0.306 e. The summed E-state index contributed by atoms with van der Waals surface area (Å²) >= 11 is 0. The van der Waals surface area contributed by atoms with Gasteiger partial charge in [0.1, 0.15) is 6.61 Å². The molecule has 0 aliphatic carbocycles. The standard InChI is InChI=1S/C61H100O5/c1-4-7-10-13-16-19-22-25-28-30-32-35-38-41-44-47-50-53-56-64-57-59(66-61(63)55-52-49-46-43-40-37-33-27-24-21-18-15-12-9-6-3)58-65-60(62)54-51-48-45-42-39-36-34-31-29-26-23-20-17-14-11-8-5-2/h7,9-10,12,16-21,25-29,32-33,35,41,44,59H,4-6,8,11,13-15,22-24,30-31,34,36-40,42-43,45-58H2,1-3H3/b10-7-,12-9-,19-16-,20-17-,21-18-,28-25-,29-26-,33-27-,35-32-,44-41-. The predicted molar refractivity (Wildman–Crippen MR) is 288 cm³/mol. The summed E-state index contributed by atoms with van der Waals surface area (Å²) in [5.41, 5.74) is 0. The zero-order chi connectivity index (χ0) is 47.7. The van der Waals surface area contributed by atoms with Crippen molar-refractivity contribution in [2.75, 3.05) is 19.8 Å². The van der Waals surface area contributed by atoms with Crippen molar-refractivity contribution in [3.8, 4) is 0 Å². The minimum atomic E-state index is -0.580. The van der Waals surface area contributed by atoms with Crippen molar-refractivity contribution < 1.29 is 23.8 Å². The van der Waals surface area contributed by atoms with Crippen molar-refractivity contribution in [2.45, 2.75) is 232 Å². The van der Waals surface area contributed by atoms with Crippen molar-refractivity contribution in [3.05, 3.63) is 122 Å². The van der Waals surface area contributed by atoms with Crippen LogP contribution >= 0.6 is 0 Å². The minimum absolute atomic E-state index is 0.0491. The van der Waals surface area contributed by atoms with Crippen LogP contribution < -0.4 is 0 Å². The first-order valence-corrected chi connectivity index (χ1v) is 27.1. The fourth-order valence-corrected chi connectivity index (χ4v) is 6.99. The lowest BCUT2D eigenvalue weighted by atomic mass is 10.1. The lowest BCUT2D eigenvalue weighted by molar-refractivity contribution is -0.163. The molecule has 0 spiro atoms. The first kappa shape index (κ1) is 62.3. The Kier molecular flexibility index (Phi) is 52.5. The molecule has 0 aromatic rings. The Morgan fingerprint density at radius 3 is 1.09 bits per heavy atom. The third-order valence-electron chi connectivity index (χ3n) is 11.0. The molecule has 0 N–H and O–H groups in total. The van der Waals surface area contributed by atoms with Gasteiger partial charge in [-0.25, -0.2) is 0 Å². The highest BCUT2D eigenvalue weighted by atomic mass is 16.6. The van der Waals surface area contributed by atoms with Crippen LogP contribution in [-0.2, 0) is 23.8 Å². The quantitative estimate of drug-likeness (QED) is 0.0346. The fraction of sp³-hybridized carbons (Fsp3) is 0.639. The second-order valence-corrected chi connectivity index (χ2v) is 17.4. The monoisotopic (exact) mass is 913 g/mol. The van der Waals surface area contributed by atoms with E-state index in [2.05, 4.69) is 142 Å². The number of hydrogen-bond donors (Lipinski definition) is 0. The summed E-state index contributed by atoms with van der Waals surface area (Å²) in [5, 5.41) is 0. The zero-order valence-corrected chi connectivity index (χ0v) is 42.9. The molecule has 0 aromatic heterocycles. The Hall–Kier alpha value is -3.70. The van der Waals surface area contributed by atoms with E-state index in [4.69, 9.17) is 14.2 Å². The van der Waals surface area contributed by atoms with E-state index < -0.39 is 6.10 Å². The lowest BCUT2D eigenvalue weighted by Crippen LogP contribution is -2.30. The summed E-state index contributed by atoms with van der Waals surface area (Å²) in [6.07, 6.45) is 77.8. The van der Waals surface area contributed by atoms with Gasteiger partial charge in [-0.05, 0) is 128 Å². The van der Waals surface area contributed by atoms with Gasteiger partial charge in [-0.3, -0.25) is 9.59 Å². The normalized spacial score (nSPS) is 13.2. The summed E-state index contributed by atoms with van der Waals surface area (Å²) in [6, 6.07) is 0. The summed E-state index contributed by atoms with van der Waals surface area (Å²) in [4.78, 5) is 25.5. The molecular weight excluding hydrogens is 813 g/mol. The molecule has 66 heavy (non-hydrogen) atoms. The second kappa shape index (κ2) is 55.6. The number of unbranched alkanes of at least 4 members (excludes halogenated alkanes) is 17. The highest BCUT2D eigenvalue weighted by Crippen LogP contribution is 2.13. The second-order valence-electron chi connectivity index (χ2n) is 17.4. The zero-order valence-electron chi connectivity index (χ0n) is 42.9. The number of hydrogen-bond acceptors (Lipinski definition) is 5. The van der Waals surface area contributed by atoms with E-state index in [1.54, 1.807) is 0 Å². The van der Waals surface area contributed by atoms with E-state index in [-0.39, 0.29) is 25.2 Å². The minimum Gasteiger partial charge on any atom is -0.462 e. The summed E-state index contributed by atoms with van der Waals surface area (Å²) in [5.74, 6) is -0.456. The van der Waals surface area contributed by atoms with Gasteiger partial charge in [-0.2, -0.15) is 0 Å². The Bertz CT molecular complexity index is 1350. The van der Waals surface area contributed by atoms with Gasteiger partial charge in [-0.15, -0.1) is 0 Å². The maximum absolute atomic E-state index is 12.8. The van der Waals surface area contributed by atoms with Gasteiger partial charge in [0.15, 0.2) is 6.10 Å². The van der Waals surface area contributed by atoms with E-state index >= 15 is 0 Å². The molecule has 0 aliphatic heterocycles. The highest BCUT2D eigenvalue weighted by Gasteiger charge is 2.17. The molecule has 374 valence electrons. The molecule has 0 heterocycles. The van der Waals surface area contributed by atoms with Gasteiger partial charge >= 0.3 is 11.9 Å². The van der Waals surface area contributed by atoms with Crippen LogP contribution in [-0.4, -0.2) is 37.9 Å². The molecule has 0 bridgehead atoms. The van der Waals surface area contributed by atoms with Crippen LogP contribution in [0, 0.1) is 0 Å². The Labute approximate surface area is 407 Å². The molecule has 0 fully saturated rings. The van der Waals surface area contributed by atoms with Crippen molar-refractivity contribution in [2.24, 2.45) is 0 Å². The number of rotatable bonds is 48. The molecule has 1 atom stereocenters. The van der Waals surface area contributed by atoms with Crippen LogP contribution in [0.1, 0.15) is 226 Å². The van der Waals surface area contributed by atoms with Gasteiger partial charge in [-0.1, -0.05) is 206 Å². The molecule has 1 unspecified atom stereocenters. The molecule has 5 nitrogen and oxygen atoms in total. The average Bonchev–Trinajstić information content (AvgIpc) is 3.32. The molecular formula is C61H100O5. The van der Waals surface area contributed by atoms with Crippen molar-refractivity contribution in [1.82, 2.24) is 0 Å². The first-order valence-electron chi connectivity index (χ1n) is 27.1. The molecule has 0 aromatic carbocycles. The van der Waals surface area contributed by atoms with Crippen LogP contribution in [0.3, 0.4) is 0 Å². The van der Waals surface area contributed by atoms with Crippen LogP contribution in [0.15, 0.2) is 122 Å². The van der Waals surface area contributed by atoms with Gasteiger partial charge in [0.2, 0.25) is 0 Å². The highest BCUT2D eigenvalue weighted by molar-refractivity contribution is 5.70. The third-order valence-corrected chi connectivity index (χ3v) is 11.0. The Balaban J connectivity index is 4.42. The van der Waals surface area contributed by atoms with E-state index in [1.165, 1.54) is 64.2 Å². The van der Waals surface area contributed by atoms with Gasteiger partial charge in [0.25, 0.3) is 0 Å². The van der Waals surface area contributed by atoms with Crippen LogP contribution in [0.25, 0.3) is 0 Å². The summed E-state index contributed by atoms with van der Waals surface area (Å²) in [7, 11) is 0. The van der Waals surface area contributed by atoms with Crippen molar-refractivity contribution >= 4 is 11.9 Å². The molecule has 0 radical (unpaired) electrons. The van der Waals surface area contributed by atoms with Crippen LogP contribution in [0.4, 0.5) is 0 Å². The lowest BCUT2D eigenvalue weighted by Gasteiger charge is -2.18. The SMILES string of the molecule is CC/C=C\C/C=C\C/C=C\C/C=C\C/C=C\CCCCOCC(COC(=O)CCCCCCCCC/C=C\C/C=C\CCCCC)OC(=O)CCCCCCC/C=C\C/C=C\C/C=C\CC. The average molecular weight is 913 g/mol. The smallest absolute Gasteiger partial charge is 0.306 e. The van der Waals surface area contributed by atoms with Gasteiger partial charge in [0, 0.05) is 19.4 Å². The van der Waals surface area contributed by atoms with E-state index in [1.807, 2.05) is 0 Å². The Morgan fingerprint density at radius 1 is 0.348 bits per heavy atom. The molecule has 5 heteroatoms. The topological polar surface area (TPSA) is 61.8 Å². The number of carbonyl (C=O) groups excluding carboxylic acids is 2. The van der Waals surface area contributed by atoms with E-state index in [0.717, 1.165) is 128 Å². The molecule has 0 saturated heterocycles. The van der Waals surface area contributed by atoms with Gasteiger partial charge < -0.3 is 14.2 Å². The molecule has 0 amide bonds. The van der Waals surface area contributed by atoms with Crippen molar-refractivity contribution in [1.29, 1.82) is 0 Å². The van der Waals surface area contributed by atoms with Crippen LogP contribution in [0.2, 0.25) is 0 Å². The fourth-order valence-electron chi connectivity index (χ4n) is 6.99.